The van der Waals surface area contributed by atoms with Crippen LogP contribution in [-0.4, -0.2) is 37.6 Å². The molecule has 12 heteroatoms. The molecule has 0 unspecified atom stereocenters. The number of non-ortho nitro benzene ring substituents is 2. The van der Waals surface area contributed by atoms with Crippen LogP contribution in [0.1, 0.15) is 11.7 Å². The summed E-state index contributed by atoms with van der Waals surface area (Å²) in [6.07, 6.45) is -1.36. The van der Waals surface area contributed by atoms with Crippen LogP contribution in [0.4, 0.5) is 22.7 Å². The molecule has 2 aromatic carbocycles. The molecule has 0 aliphatic rings. The molecule has 12 nitrogen and oxygen atoms in total. The molecule has 0 saturated carbocycles. The van der Waals surface area contributed by atoms with Gasteiger partial charge in [0.1, 0.15) is 11.8 Å². The lowest BCUT2D eigenvalue weighted by Gasteiger charge is -2.23. The second kappa shape index (κ2) is 8.16. The van der Waals surface area contributed by atoms with E-state index < -0.39 is 44.9 Å². The Kier molecular flexibility index (Phi) is 5.95. The largest absolute Gasteiger partial charge is 0.394 e. The van der Waals surface area contributed by atoms with Crippen LogP contribution in [-0.2, 0) is 0 Å². The number of rotatable bonds is 8. The zero-order valence-electron chi connectivity index (χ0n) is 13.6. The van der Waals surface area contributed by atoms with Gasteiger partial charge in [0.2, 0.25) is 0 Å². The Morgan fingerprint density at radius 2 is 1.44 bits per heavy atom. The summed E-state index contributed by atoms with van der Waals surface area (Å²) in [5.41, 5.74) is -1.17. The van der Waals surface area contributed by atoms with Crippen molar-refractivity contribution in [2.45, 2.75) is 12.1 Å². The summed E-state index contributed by atoms with van der Waals surface area (Å²) in [5.74, 6) is 0. The molecule has 3 N–H and O–H groups in total. The van der Waals surface area contributed by atoms with E-state index in [1.54, 1.807) is 0 Å². The highest BCUT2D eigenvalue weighted by molar-refractivity contribution is 5.65. The van der Waals surface area contributed by atoms with Crippen LogP contribution in [0.25, 0.3) is 0 Å². The van der Waals surface area contributed by atoms with Gasteiger partial charge in [0.25, 0.3) is 17.1 Å². The van der Waals surface area contributed by atoms with Gasteiger partial charge in [0.15, 0.2) is 0 Å². The highest BCUT2D eigenvalue weighted by Gasteiger charge is 2.26. The normalized spacial score (nSPS) is 12.8. The third-order valence-electron chi connectivity index (χ3n) is 3.75. The van der Waals surface area contributed by atoms with Gasteiger partial charge in [-0.2, -0.15) is 0 Å². The van der Waals surface area contributed by atoms with Crippen LogP contribution < -0.4 is 5.32 Å². The average molecular weight is 378 g/mol. The molecule has 0 spiro atoms. The zero-order chi connectivity index (χ0) is 20.1. The van der Waals surface area contributed by atoms with Crippen molar-refractivity contribution in [1.29, 1.82) is 0 Å². The predicted octanol–water partition coefficient (Wildman–Crippen LogP) is 1.92. The molecule has 0 radical (unpaired) electrons. The fourth-order valence-corrected chi connectivity index (χ4v) is 2.36. The molecule has 0 saturated heterocycles. The van der Waals surface area contributed by atoms with Crippen molar-refractivity contribution in [3.8, 4) is 0 Å². The minimum absolute atomic E-state index is 0.134. The summed E-state index contributed by atoms with van der Waals surface area (Å²) in [5, 5.41) is 55.1. The molecule has 0 fully saturated rings. The highest BCUT2D eigenvalue weighted by atomic mass is 16.6. The van der Waals surface area contributed by atoms with Crippen LogP contribution in [0.15, 0.2) is 42.5 Å². The standard InChI is InChI=1S/C15H14N4O8/c20-8-13(15(21)9-1-3-10(4-2-9)17(22)23)16-12-6-5-11(18(24)25)7-14(12)19(26)27/h1-7,13,15-16,20-21H,8H2/t13-,15+/m1/s1. The number of anilines is 1. The molecule has 2 atom stereocenters. The number of hydrogen-bond donors (Lipinski definition) is 3. The van der Waals surface area contributed by atoms with E-state index in [0.717, 1.165) is 18.2 Å². The van der Waals surface area contributed by atoms with Crippen molar-refractivity contribution < 1.29 is 25.0 Å². The van der Waals surface area contributed by atoms with Crippen molar-refractivity contribution in [1.82, 2.24) is 0 Å². The van der Waals surface area contributed by atoms with Crippen LogP contribution in [0.2, 0.25) is 0 Å². The third kappa shape index (κ3) is 4.50. The maximum absolute atomic E-state index is 11.2. The van der Waals surface area contributed by atoms with E-state index in [0.29, 0.717) is 0 Å². The third-order valence-corrected chi connectivity index (χ3v) is 3.75. The van der Waals surface area contributed by atoms with Gasteiger partial charge in [0.05, 0.1) is 33.5 Å². The van der Waals surface area contributed by atoms with E-state index >= 15 is 0 Å². The van der Waals surface area contributed by atoms with Crippen LogP contribution >= 0.6 is 0 Å². The number of hydrogen-bond acceptors (Lipinski definition) is 9. The molecule has 0 aromatic heterocycles. The Morgan fingerprint density at radius 1 is 0.889 bits per heavy atom. The van der Waals surface area contributed by atoms with E-state index in [2.05, 4.69) is 5.32 Å². The highest BCUT2D eigenvalue weighted by Crippen LogP contribution is 2.31. The molecule has 0 bridgehead atoms. The lowest BCUT2D eigenvalue weighted by Crippen LogP contribution is -2.31. The maximum Gasteiger partial charge on any atom is 0.299 e. The van der Waals surface area contributed by atoms with E-state index in [9.17, 15) is 40.6 Å². The number of aliphatic hydroxyl groups is 2. The van der Waals surface area contributed by atoms with Gasteiger partial charge in [-0.25, -0.2) is 0 Å². The molecule has 0 heterocycles. The first-order valence-electron chi connectivity index (χ1n) is 7.47. The molecule has 27 heavy (non-hydrogen) atoms. The lowest BCUT2D eigenvalue weighted by molar-refractivity contribution is -0.393. The Hall–Kier alpha value is -3.64. The van der Waals surface area contributed by atoms with Gasteiger partial charge in [-0.05, 0) is 23.8 Å². The number of nitro groups is 3. The minimum atomic E-state index is -1.36. The van der Waals surface area contributed by atoms with Gasteiger partial charge >= 0.3 is 0 Å². The van der Waals surface area contributed by atoms with Crippen molar-refractivity contribution in [3.63, 3.8) is 0 Å². The van der Waals surface area contributed by atoms with Gasteiger partial charge in [0, 0.05) is 18.2 Å². The summed E-state index contributed by atoms with van der Waals surface area (Å²) >= 11 is 0. The monoisotopic (exact) mass is 378 g/mol. The van der Waals surface area contributed by atoms with Crippen LogP contribution in [0.3, 0.4) is 0 Å². The zero-order valence-corrected chi connectivity index (χ0v) is 13.6. The second-order valence-electron chi connectivity index (χ2n) is 5.44. The fraction of sp³-hybridized carbons (Fsp3) is 0.200. The molecular weight excluding hydrogens is 364 g/mol. The van der Waals surface area contributed by atoms with Crippen molar-refractivity contribution >= 4 is 22.7 Å². The number of nitrogens with one attached hydrogen (secondary N) is 1. The predicted molar refractivity (Wildman–Crippen MR) is 92.3 cm³/mol. The first kappa shape index (κ1) is 19.7. The number of nitrogens with zero attached hydrogens (tertiary/aromatic N) is 3. The summed E-state index contributed by atoms with van der Waals surface area (Å²) < 4.78 is 0. The summed E-state index contributed by atoms with van der Waals surface area (Å²) in [6, 6.07) is 6.71. The molecule has 2 rings (SSSR count). The number of nitro benzene ring substituents is 3. The fourth-order valence-electron chi connectivity index (χ4n) is 2.36. The Labute approximate surface area is 151 Å². The lowest BCUT2D eigenvalue weighted by atomic mass is 10.0. The molecule has 2 aromatic rings. The smallest absolute Gasteiger partial charge is 0.299 e. The van der Waals surface area contributed by atoms with Crippen molar-refractivity contribution in [2.24, 2.45) is 0 Å². The maximum atomic E-state index is 11.2. The second-order valence-corrected chi connectivity index (χ2v) is 5.44. The van der Waals surface area contributed by atoms with Gasteiger partial charge in [-0.3, -0.25) is 30.3 Å². The molecule has 142 valence electrons. The van der Waals surface area contributed by atoms with Gasteiger partial charge in [-0.1, -0.05) is 0 Å². The Balaban J connectivity index is 2.29. The van der Waals surface area contributed by atoms with E-state index in [1.165, 1.54) is 24.3 Å². The summed E-state index contributed by atoms with van der Waals surface area (Å²) in [7, 11) is 0. The summed E-state index contributed by atoms with van der Waals surface area (Å²) in [4.78, 5) is 30.4. The first-order chi connectivity index (χ1) is 12.7. The molecular formula is C15H14N4O8. The number of benzene rings is 2. The van der Waals surface area contributed by atoms with Crippen molar-refractivity contribution in [2.75, 3.05) is 11.9 Å². The number of aliphatic hydroxyl groups excluding tert-OH is 2. The van der Waals surface area contributed by atoms with Crippen LogP contribution in [0, 0.1) is 30.3 Å². The van der Waals surface area contributed by atoms with Crippen LogP contribution in [0.5, 0.6) is 0 Å². The Morgan fingerprint density at radius 3 is 1.93 bits per heavy atom. The summed E-state index contributed by atoms with van der Waals surface area (Å²) in [6.45, 7) is -0.633. The van der Waals surface area contributed by atoms with E-state index in [4.69, 9.17) is 0 Å². The van der Waals surface area contributed by atoms with E-state index in [-0.39, 0.29) is 16.9 Å². The average Bonchev–Trinajstić information content (AvgIpc) is 2.65. The first-order valence-corrected chi connectivity index (χ1v) is 7.47. The quantitative estimate of drug-likeness (QED) is 0.456. The Bertz CT molecular complexity index is 871. The molecule has 0 aliphatic carbocycles. The molecule has 0 aliphatic heterocycles. The van der Waals surface area contributed by atoms with Gasteiger partial charge in [-0.15, -0.1) is 0 Å². The minimum Gasteiger partial charge on any atom is -0.394 e. The van der Waals surface area contributed by atoms with E-state index in [1.807, 2.05) is 0 Å². The van der Waals surface area contributed by atoms with Crippen molar-refractivity contribution in [3.05, 3.63) is 78.4 Å². The topological polar surface area (TPSA) is 182 Å². The SMILES string of the molecule is O=[N+]([O-])c1ccc([C@H](O)[C@@H](CO)Nc2ccc([N+](=O)[O-])cc2[N+](=O)[O-])cc1. The van der Waals surface area contributed by atoms with Gasteiger partial charge < -0.3 is 15.5 Å². The molecule has 0 amide bonds.